The number of unbranched alkanes of at least 4 members (excludes halogenated alkanes) is 5. The van der Waals surface area contributed by atoms with Gasteiger partial charge in [-0.1, -0.05) is 45.1 Å². The summed E-state index contributed by atoms with van der Waals surface area (Å²) in [7, 11) is 0. The second kappa shape index (κ2) is 31.8. The Morgan fingerprint density at radius 1 is 0.701 bits per heavy atom. The monoisotopic (exact) mass is 1210 g/mol. The zero-order chi connectivity index (χ0) is 62.9. The van der Waals surface area contributed by atoms with E-state index in [1.54, 1.807) is 12.1 Å². The average molecular weight is 1210 g/mol. The van der Waals surface area contributed by atoms with Crippen molar-refractivity contribution in [2.75, 3.05) is 75.3 Å². The minimum absolute atomic E-state index is 0.0222. The summed E-state index contributed by atoms with van der Waals surface area (Å²) in [5, 5.41) is 56.8. The van der Waals surface area contributed by atoms with E-state index in [0.717, 1.165) is 52.9 Å². The molecule has 0 aliphatic carbocycles. The first kappa shape index (κ1) is 66.8. The number of Topliss-reactive ketones (excluding diaryl/α,β-unsaturated/α-hetero) is 2. The molecule has 4 heterocycles. The Labute approximate surface area is 507 Å². The molecular weight excluding hydrogens is 1120 g/mol. The number of ether oxygens (including phenoxy) is 1. The van der Waals surface area contributed by atoms with Crippen molar-refractivity contribution in [1.82, 2.24) is 36.4 Å². The predicted molar refractivity (Wildman–Crippen MR) is 322 cm³/mol. The quantitative estimate of drug-likeness (QED) is 0.0500. The Morgan fingerprint density at radius 2 is 1.29 bits per heavy atom. The molecule has 25 nitrogen and oxygen atoms in total. The number of anilines is 2. The number of aromatic hydroxyl groups is 1. The molecule has 3 aromatic rings. The molecule has 4 fully saturated rings. The number of rotatable bonds is 21. The van der Waals surface area contributed by atoms with Gasteiger partial charge in [-0.05, 0) is 119 Å². The summed E-state index contributed by atoms with van der Waals surface area (Å²) in [5.74, 6) is -7.60. The van der Waals surface area contributed by atoms with Gasteiger partial charge in [-0.2, -0.15) is 0 Å². The number of nitrogens with one attached hydrogen (secondary N) is 5. The van der Waals surface area contributed by atoms with Crippen molar-refractivity contribution in [3.63, 3.8) is 0 Å². The Bertz CT molecular complexity index is 2880. The van der Waals surface area contributed by atoms with E-state index >= 15 is 0 Å². The number of amides is 7. The molecular formula is C62H87N11O14. The second-order valence-corrected chi connectivity index (χ2v) is 23.1. The molecule has 0 saturated carbocycles. The zero-order valence-electron chi connectivity index (χ0n) is 50.0. The highest BCUT2D eigenvalue weighted by atomic mass is 16.5. The predicted octanol–water partition coefficient (Wildman–Crippen LogP) is 0.163. The van der Waals surface area contributed by atoms with Gasteiger partial charge < -0.3 is 82.8 Å². The van der Waals surface area contributed by atoms with Gasteiger partial charge in [-0.3, -0.25) is 43.2 Å². The molecule has 0 spiro atoms. The van der Waals surface area contributed by atoms with E-state index < -0.39 is 133 Å². The molecule has 3 aromatic carbocycles. The molecule has 474 valence electrons. The highest BCUT2D eigenvalue weighted by molar-refractivity contribution is 6.01. The third-order valence-electron chi connectivity index (χ3n) is 16.7. The number of piperazine rings is 1. The number of nitrogens with two attached hydrogens (primary N) is 2. The van der Waals surface area contributed by atoms with Crippen molar-refractivity contribution in [3.8, 4) is 11.5 Å². The number of fused-ring (bicyclic) bond motifs is 2. The lowest BCUT2D eigenvalue weighted by Crippen LogP contribution is -2.61. The molecule has 25 heteroatoms. The van der Waals surface area contributed by atoms with Gasteiger partial charge in [-0.25, -0.2) is 0 Å². The van der Waals surface area contributed by atoms with Crippen molar-refractivity contribution in [2.24, 2.45) is 17.4 Å². The Hall–Kier alpha value is -7.71. The molecule has 4 aliphatic rings. The smallest absolute Gasteiger partial charge is 0.251 e. The maximum atomic E-state index is 14.6. The van der Waals surface area contributed by atoms with Gasteiger partial charge in [0.05, 0.1) is 43.6 Å². The number of phenolic OH excluding ortho intramolecular Hbond substituents is 1. The largest absolute Gasteiger partial charge is 0.507 e. The molecule has 87 heavy (non-hydrogen) atoms. The Morgan fingerprint density at radius 3 is 1.90 bits per heavy atom. The standard InChI is InChI=1S/C62H87N11O14/c1-4-5-6-7-8-9-29-87-45-20-18-43(19-21-45)71-27-25-70(26-28-71)42-16-14-40(15-17-42)56(80)66-47-11-10-24-65-59(83)49-31-41(52(78)33-63)35-72(49)61(85)54(37(2)74)69-58(82)48(22-12-39-13-23-51(77)46(30-39)53(79)34-64)67-60(84)50-32-44(76)36-73(50)62(86)55(38(3)75)68-57(47)81/h13-21,23,30,37-38,41,44,47-50,54-55,74-77H,4-12,22,24-29,31-36,63-64H2,1-3H3,(H,65,83)(H,66,80)(H,67,84)(H,68,81)(H,69,82)/t37-,38-,41+,44-,47+,48+,49+,50+,54+,55+/m1/s1. The molecule has 4 saturated heterocycles. The van der Waals surface area contributed by atoms with Gasteiger partial charge >= 0.3 is 0 Å². The first-order valence-corrected chi connectivity index (χ1v) is 30.5. The number of carbonyl (C=O) groups excluding carboxylic acids is 9. The first-order chi connectivity index (χ1) is 41.7. The number of carbonyl (C=O) groups is 9. The molecule has 10 atom stereocenters. The number of aliphatic hydroxyl groups is 3. The Balaban J connectivity index is 1.09. The lowest BCUT2D eigenvalue weighted by atomic mass is 9.99. The van der Waals surface area contributed by atoms with E-state index in [4.69, 9.17) is 16.2 Å². The lowest BCUT2D eigenvalue weighted by Gasteiger charge is -2.37. The molecule has 7 rings (SSSR count). The number of aryl methyl sites for hydroxylation is 1. The van der Waals surface area contributed by atoms with Crippen LogP contribution in [0.4, 0.5) is 11.4 Å². The SMILES string of the molecule is CCCCCCCCOc1ccc(N2CCN(c3ccc(C(=O)N[C@H]4CCCNC(=O)[C@@H]5C[C@H](C(=O)CN)CN5C(=O)[C@H]([C@@H](C)O)NC(=O)[C@H](CCc5ccc(O)c(C(=O)CN)c5)NC(=O)[C@@H]5C[C@@H](O)CN5C(=O)[C@H]([C@@H](C)O)NC4=O)cc3)CC2)cc1. The third-order valence-corrected chi connectivity index (χ3v) is 16.7. The van der Waals surface area contributed by atoms with Gasteiger partial charge in [-0.15, -0.1) is 0 Å². The zero-order valence-corrected chi connectivity index (χ0v) is 50.0. The van der Waals surface area contributed by atoms with Crippen LogP contribution in [0.2, 0.25) is 0 Å². The summed E-state index contributed by atoms with van der Waals surface area (Å²) in [6.45, 7) is 6.57. The van der Waals surface area contributed by atoms with Gasteiger partial charge in [0.2, 0.25) is 35.4 Å². The minimum Gasteiger partial charge on any atom is -0.507 e. The number of hydrogen-bond acceptors (Lipinski definition) is 18. The van der Waals surface area contributed by atoms with E-state index in [1.807, 2.05) is 24.3 Å². The Kier molecular flexibility index (Phi) is 24.4. The van der Waals surface area contributed by atoms with Crippen LogP contribution >= 0.6 is 0 Å². The van der Waals surface area contributed by atoms with Crippen LogP contribution in [0.15, 0.2) is 66.7 Å². The fraction of sp³-hybridized carbons (Fsp3) is 0.565. The van der Waals surface area contributed by atoms with Gasteiger partial charge in [0, 0.05) is 75.1 Å². The van der Waals surface area contributed by atoms with E-state index in [0.29, 0.717) is 25.3 Å². The van der Waals surface area contributed by atoms with Crippen LogP contribution in [-0.2, 0) is 40.0 Å². The normalized spacial score (nSPS) is 24.4. The molecule has 0 aromatic heterocycles. The van der Waals surface area contributed by atoms with E-state index in [9.17, 15) is 63.6 Å². The fourth-order valence-corrected chi connectivity index (χ4v) is 11.6. The van der Waals surface area contributed by atoms with Crippen molar-refractivity contribution in [1.29, 1.82) is 0 Å². The molecule has 0 unspecified atom stereocenters. The highest BCUT2D eigenvalue weighted by Gasteiger charge is 2.47. The highest BCUT2D eigenvalue weighted by Crippen LogP contribution is 2.28. The fourth-order valence-electron chi connectivity index (χ4n) is 11.6. The summed E-state index contributed by atoms with van der Waals surface area (Å²) >= 11 is 0. The van der Waals surface area contributed by atoms with Gasteiger partial charge in [0.1, 0.15) is 47.8 Å². The molecule has 0 radical (unpaired) electrons. The van der Waals surface area contributed by atoms with Crippen molar-refractivity contribution in [2.45, 2.75) is 152 Å². The van der Waals surface area contributed by atoms with Crippen LogP contribution in [0, 0.1) is 5.92 Å². The summed E-state index contributed by atoms with van der Waals surface area (Å²) in [6, 6.07) is 9.86. The van der Waals surface area contributed by atoms with Crippen LogP contribution in [0.1, 0.15) is 118 Å². The molecule has 13 N–H and O–H groups in total. The van der Waals surface area contributed by atoms with E-state index in [2.05, 4.69) is 55.4 Å². The number of hydrogen-bond donors (Lipinski definition) is 11. The molecule has 7 amide bonds. The van der Waals surface area contributed by atoms with Gasteiger partial charge in [0.15, 0.2) is 11.6 Å². The summed E-state index contributed by atoms with van der Waals surface area (Å²) in [4.78, 5) is 133. The summed E-state index contributed by atoms with van der Waals surface area (Å²) in [6.07, 6.45) is 1.74. The first-order valence-electron chi connectivity index (χ1n) is 30.5. The maximum Gasteiger partial charge on any atom is 0.251 e. The number of nitrogens with zero attached hydrogens (tertiary/aromatic N) is 4. The van der Waals surface area contributed by atoms with Crippen molar-refractivity contribution < 1.29 is 68.3 Å². The topological polar surface area (TPSA) is 369 Å². The summed E-state index contributed by atoms with van der Waals surface area (Å²) < 4.78 is 5.99. The minimum atomic E-state index is -1.75. The number of aliphatic hydroxyl groups excluding tert-OH is 3. The number of benzene rings is 3. The summed E-state index contributed by atoms with van der Waals surface area (Å²) in [5.41, 5.74) is 13.8. The second-order valence-electron chi connectivity index (χ2n) is 23.1. The van der Waals surface area contributed by atoms with E-state index in [-0.39, 0.29) is 68.5 Å². The van der Waals surface area contributed by atoms with Crippen LogP contribution < -0.4 is 52.6 Å². The average Bonchev–Trinajstić information content (AvgIpc) is 2.46. The van der Waals surface area contributed by atoms with Crippen LogP contribution in [0.25, 0.3) is 0 Å². The van der Waals surface area contributed by atoms with Crippen LogP contribution in [0.5, 0.6) is 11.5 Å². The molecule has 0 bridgehead atoms. The van der Waals surface area contributed by atoms with Crippen molar-refractivity contribution >= 4 is 64.3 Å². The van der Waals surface area contributed by atoms with Gasteiger partial charge in [0.25, 0.3) is 5.91 Å². The third kappa shape index (κ3) is 17.7. The number of phenols is 1. The van der Waals surface area contributed by atoms with Crippen LogP contribution in [0.3, 0.4) is 0 Å². The van der Waals surface area contributed by atoms with E-state index in [1.165, 1.54) is 57.7 Å². The lowest BCUT2D eigenvalue weighted by molar-refractivity contribution is -0.145. The number of ketones is 2. The van der Waals surface area contributed by atoms with Crippen LogP contribution in [-0.4, -0.2) is 203 Å². The molecule has 4 aliphatic heterocycles. The van der Waals surface area contributed by atoms with Crippen molar-refractivity contribution in [3.05, 3.63) is 83.4 Å². The maximum absolute atomic E-state index is 14.6.